The van der Waals surface area contributed by atoms with Crippen LogP contribution in [0.1, 0.15) is 27.2 Å². The fraction of sp³-hybridized carbons (Fsp3) is 1.00. The molecule has 0 amide bonds. The van der Waals surface area contributed by atoms with E-state index in [4.69, 9.17) is 11.6 Å². The molecule has 1 saturated heterocycles. The SMILES string of the molecule is CC(C)N1C[C@@H](Cl)C[C@H]1C. The van der Waals surface area contributed by atoms with Crippen molar-refractivity contribution in [3.63, 3.8) is 0 Å². The fourth-order valence-corrected chi connectivity index (χ4v) is 2.13. The monoisotopic (exact) mass is 161 g/mol. The van der Waals surface area contributed by atoms with Crippen molar-refractivity contribution >= 4 is 11.6 Å². The van der Waals surface area contributed by atoms with Crippen molar-refractivity contribution in [3.05, 3.63) is 0 Å². The third kappa shape index (κ3) is 1.64. The second-order valence-corrected chi connectivity index (χ2v) is 4.09. The van der Waals surface area contributed by atoms with Crippen LogP contribution in [-0.4, -0.2) is 28.9 Å². The first kappa shape index (κ1) is 8.35. The minimum atomic E-state index is 0.386. The molecular weight excluding hydrogens is 146 g/mol. The first-order valence-electron chi connectivity index (χ1n) is 4.01. The summed E-state index contributed by atoms with van der Waals surface area (Å²) in [5, 5.41) is 0.386. The van der Waals surface area contributed by atoms with Gasteiger partial charge in [0.1, 0.15) is 0 Å². The van der Waals surface area contributed by atoms with Crippen molar-refractivity contribution in [1.29, 1.82) is 0 Å². The van der Waals surface area contributed by atoms with E-state index in [9.17, 15) is 0 Å². The van der Waals surface area contributed by atoms with E-state index in [1.54, 1.807) is 0 Å². The summed E-state index contributed by atoms with van der Waals surface area (Å²) < 4.78 is 0. The van der Waals surface area contributed by atoms with Crippen LogP contribution >= 0.6 is 11.6 Å². The van der Waals surface area contributed by atoms with Gasteiger partial charge in [-0.05, 0) is 27.2 Å². The summed E-state index contributed by atoms with van der Waals surface area (Å²) >= 11 is 6.00. The van der Waals surface area contributed by atoms with Crippen LogP contribution in [0.25, 0.3) is 0 Å². The molecule has 1 fully saturated rings. The number of alkyl halides is 1. The Kier molecular flexibility index (Phi) is 2.59. The van der Waals surface area contributed by atoms with Crippen LogP contribution in [0.15, 0.2) is 0 Å². The molecule has 1 heterocycles. The number of hydrogen-bond donors (Lipinski definition) is 0. The van der Waals surface area contributed by atoms with E-state index in [0.29, 0.717) is 17.5 Å². The Morgan fingerprint density at radius 1 is 1.50 bits per heavy atom. The van der Waals surface area contributed by atoms with Crippen molar-refractivity contribution < 1.29 is 0 Å². The van der Waals surface area contributed by atoms with Crippen LogP contribution in [0.5, 0.6) is 0 Å². The predicted molar refractivity (Wildman–Crippen MR) is 45.6 cm³/mol. The van der Waals surface area contributed by atoms with Crippen LogP contribution in [0, 0.1) is 0 Å². The summed E-state index contributed by atoms with van der Waals surface area (Å²) in [5.74, 6) is 0. The number of likely N-dealkylation sites (tertiary alicyclic amines) is 1. The maximum absolute atomic E-state index is 6.00. The zero-order chi connectivity index (χ0) is 7.72. The van der Waals surface area contributed by atoms with E-state index < -0.39 is 0 Å². The van der Waals surface area contributed by atoms with Crippen molar-refractivity contribution in [1.82, 2.24) is 4.90 Å². The van der Waals surface area contributed by atoms with Gasteiger partial charge in [-0.15, -0.1) is 11.6 Å². The number of hydrogen-bond acceptors (Lipinski definition) is 1. The molecule has 10 heavy (non-hydrogen) atoms. The molecule has 0 aromatic carbocycles. The smallest absolute Gasteiger partial charge is 0.0478 e. The van der Waals surface area contributed by atoms with Gasteiger partial charge in [-0.3, -0.25) is 4.90 Å². The van der Waals surface area contributed by atoms with Crippen LogP contribution in [0.4, 0.5) is 0 Å². The van der Waals surface area contributed by atoms with Crippen LogP contribution in [-0.2, 0) is 0 Å². The van der Waals surface area contributed by atoms with E-state index >= 15 is 0 Å². The van der Waals surface area contributed by atoms with Crippen LogP contribution < -0.4 is 0 Å². The maximum Gasteiger partial charge on any atom is 0.0478 e. The van der Waals surface area contributed by atoms with Crippen molar-refractivity contribution in [3.8, 4) is 0 Å². The lowest BCUT2D eigenvalue weighted by molar-refractivity contribution is 0.216. The first-order valence-corrected chi connectivity index (χ1v) is 4.44. The summed E-state index contributed by atoms with van der Waals surface area (Å²) in [5.41, 5.74) is 0. The Bertz CT molecular complexity index is 114. The molecule has 2 heteroatoms. The van der Waals surface area contributed by atoms with Crippen molar-refractivity contribution in [2.45, 2.75) is 44.7 Å². The van der Waals surface area contributed by atoms with Gasteiger partial charge in [-0.1, -0.05) is 0 Å². The Morgan fingerprint density at radius 2 is 2.10 bits per heavy atom. The zero-order valence-corrected chi connectivity index (χ0v) is 7.73. The highest BCUT2D eigenvalue weighted by atomic mass is 35.5. The number of rotatable bonds is 1. The lowest BCUT2D eigenvalue weighted by Gasteiger charge is -2.24. The summed E-state index contributed by atoms with van der Waals surface area (Å²) in [6.07, 6.45) is 1.15. The van der Waals surface area contributed by atoms with Crippen LogP contribution in [0.2, 0.25) is 0 Å². The predicted octanol–water partition coefficient (Wildman–Crippen LogP) is 2.10. The van der Waals surface area contributed by atoms with E-state index in [-0.39, 0.29) is 0 Å². The zero-order valence-electron chi connectivity index (χ0n) is 6.97. The maximum atomic E-state index is 6.00. The Hall–Kier alpha value is 0.250. The van der Waals surface area contributed by atoms with Gasteiger partial charge in [0.25, 0.3) is 0 Å². The lowest BCUT2D eigenvalue weighted by atomic mass is 10.2. The first-order chi connectivity index (χ1) is 4.61. The Morgan fingerprint density at radius 3 is 2.30 bits per heavy atom. The average molecular weight is 162 g/mol. The molecule has 1 nitrogen and oxygen atoms in total. The fourth-order valence-electron chi connectivity index (χ4n) is 1.71. The second kappa shape index (κ2) is 3.10. The molecule has 1 aliphatic heterocycles. The Balaban J connectivity index is 2.46. The standard InChI is InChI=1S/C8H16ClN/c1-6(2)10-5-8(9)4-7(10)3/h6-8H,4-5H2,1-3H3/t7-,8+/m1/s1. The van der Waals surface area contributed by atoms with E-state index in [0.717, 1.165) is 13.0 Å². The van der Waals surface area contributed by atoms with Gasteiger partial charge in [0.05, 0.1) is 0 Å². The summed E-state index contributed by atoms with van der Waals surface area (Å²) in [6, 6.07) is 1.33. The molecule has 1 aliphatic rings. The molecule has 0 saturated carbocycles. The largest absolute Gasteiger partial charge is 0.297 e. The highest BCUT2D eigenvalue weighted by molar-refractivity contribution is 6.21. The van der Waals surface area contributed by atoms with Gasteiger partial charge in [0.15, 0.2) is 0 Å². The van der Waals surface area contributed by atoms with Gasteiger partial charge in [-0.25, -0.2) is 0 Å². The number of halogens is 1. The third-order valence-corrected chi connectivity index (χ3v) is 2.55. The average Bonchev–Trinajstić information content (AvgIpc) is 2.10. The highest BCUT2D eigenvalue weighted by Gasteiger charge is 2.28. The molecule has 2 atom stereocenters. The van der Waals surface area contributed by atoms with E-state index in [1.807, 2.05) is 0 Å². The minimum absolute atomic E-state index is 0.386. The van der Waals surface area contributed by atoms with E-state index in [1.165, 1.54) is 0 Å². The molecule has 0 bridgehead atoms. The topological polar surface area (TPSA) is 3.24 Å². The van der Waals surface area contributed by atoms with Crippen molar-refractivity contribution in [2.75, 3.05) is 6.54 Å². The quantitative estimate of drug-likeness (QED) is 0.533. The summed E-state index contributed by atoms with van der Waals surface area (Å²) in [7, 11) is 0. The molecule has 0 N–H and O–H groups in total. The molecule has 0 spiro atoms. The lowest BCUT2D eigenvalue weighted by Crippen LogP contribution is -2.33. The third-order valence-electron chi connectivity index (χ3n) is 2.24. The summed E-state index contributed by atoms with van der Waals surface area (Å²) in [4.78, 5) is 2.46. The molecule has 60 valence electrons. The van der Waals surface area contributed by atoms with Gasteiger partial charge in [-0.2, -0.15) is 0 Å². The van der Waals surface area contributed by atoms with Gasteiger partial charge >= 0.3 is 0 Å². The summed E-state index contributed by atoms with van der Waals surface area (Å²) in [6.45, 7) is 7.78. The molecule has 0 aliphatic carbocycles. The molecule has 0 aromatic rings. The molecular formula is C8H16ClN. The van der Waals surface area contributed by atoms with Gasteiger partial charge < -0.3 is 0 Å². The molecule has 0 unspecified atom stereocenters. The molecule has 0 aromatic heterocycles. The van der Waals surface area contributed by atoms with Crippen LogP contribution in [0.3, 0.4) is 0 Å². The minimum Gasteiger partial charge on any atom is -0.297 e. The normalized spacial score (nSPS) is 35.7. The van der Waals surface area contributed by atoms with E-state index in [2.05, 4.69) is 25.7 Å². The second-order valence-electron chi connectivity index (χ2n) is 3.47. The molecule has 0 radical (unpaired) electrons. The van der Waals surface area contributed by atoms with Gasteiger partial charge in [0, 0.05) is 24.0 Å². The highest BCUT2D eigenvalue weighted by Crippen LogP contribution is 2.23. The van der Waals surface area contributed by atoms with Gasteiger partial charge in [0.2, 0.25) is 0 Å². The Labute approximate surface area is 68.4 Å². The number of nitrogens with zero attached hydrogens (tertiary/aromatic N) is 1. The van der Waals surface area contributed by atoms with Crippen molar-refractivity contribution in [2.24, 2.45) is 0 Å². The molecule has 1 rings (SSSR count).